The molecule has 0 radical (unpaired) electrons. The lowest BCUT2D eigenvalue weighted by Crippen LogP contribution is -2.56. The summed E-state index contributed by atoms with van der Waals surface area (Å²) in [5.74, 6) is -1.12. The van der Waals surface area contributed by atoms with E-state index in [0.717, 1.165) is 58.3 Å². The van der Waals surface area contributed by atoms with Crippen molar-refractivity contribution in [2.75, 3.05) is 13.1 Å². The third-order valence-corrected chi connectivity index (χ3v) is 11.8. The SMILES string of the molecule is CCCC(C)n1/c(=C/C=C2C=C/C(=C\C=c3/c4cccc5cccc(c54)n3C(C)CCC)C\2=C2C(=O)N(CC)C(=O)N(CC)C2=O)c2cccc3cccc1c32. The minimum absolute atomic E-state index is 0.0219. The van der Waals surface area contributed by atoms with Gasteiger partial charge in [-0.15, -0.1) is 0 Å². The van der Waals surface area contributed by atoms with Crippen molar-refractivity contribution >= 4 is 73.3 Å². The third kappa shape index (κ3) is 5.83. The summed E-state index contributed by atoms with van der Waals surface area (Å²) in [5.41, 5.74) is 4.45. The van der Waals surface area contributed by atoms with E-state index in [0.29, 0.717) is 5.57 Å². The molecular formula is C49H50N4O3. The maximum Gasteiger partial charge on any atom is 0.333 e. The van der Waals surface area contributed by atoms with Gasteiger partial charge in [0.15, 0.2) is 0 Å². The van der Waals surface area contributed by atoms with Crippen LogP contribution in [0, 0.1) is 0 Å². The van der Waals surface area contributed by atoms with Crippen LogP contribution in [0.3, 0.4) is 0 Å². The Hall–Kier alpha value is -5.95. The van der Waals surface area contributed by atoms with Gasteiger partial charge in [0.25, 0.3) is 11.8 Å². The van der Waals surface area contributed by atoms with Crippen LogP contribution in [0.25, 0.3) is 55.5 Å². The van der Waals surface area contributed by atoms with Gasteiger partial charge in [-0.05, 0) is 86.7 Å². The highest BCUT2D eigenvalue weighted by Gasteiger charge is 2.43. The molecule has 3 heterocycles. The van der Waals surface area contributed by atoms with E-state index in [9.17, 15) is 14.4 Å². The number of hydrogen-bond acceptors (Lipinski definition) is 3. The van der Waals surface area contributed by atoms with Gasteiger partial charge >= 0.3 is 6.03 Å². The Morgan fingerprint density at radius 1 is 0.536 bits per heavy atom. The molecule has 0 N–H and O–H groups in total. The topological polar surface area (TPSA) is 67.6 Å². The molecule has 6 aromatic rings. The number of rotatable bonds is 10. The highest BCUT2D eigenvalue weighted by atomic mass is 16.2. The van der Waals surface area contributed by atoms with Crippen LogP contribution in [0.15, 0.2) is 119 Å². The van der Waals surface area contributed by atoms with E-state index in [2.05, 4.69) is 122 Å². The molecule has 2 unspecified atom stereocenters. The molecule has 2 aliphatic rings. The number of allylic oxidation sites excluding steroid dienone is 7. The van der Waals surface area contributed by atoms with Crippen molar-refractivity contribution in [2.24, 2.45) is 0 Å². The number of amides is 4. The maximum atomic E-state index is 14.3. The van der Waals surface area contributed by atoms with Crippen LogP contribution in [-0.4, -0.2) is 49.9 Å². The fourth-order valence-electron chi connectivity index (χ4n) is 9.24. The van der Waals surface area contributed by atoms with Gasteiger partial charge in [0.2, 0.25) is 0 Å². The molecule has 1 aliphatic heterocycles. The summed E-state index contributed by atoms with van der Waals surface area (Å²) in [6.07, 6.45) is 16.5. The molecular weight excluding hydrogens is 693 g/mol. The fourth-order valence-corrected chi connectivity index (χ4v) is 9.24. The Bertz CT molecular complexity index is 2610. The number of urea groups is 1. The van der Waals surface area contributed by atoms with Gasteiger partial charge in [0.05, 0.1) is 0 Å². The summed E-state index contributed by atoms with van der Waals surface area (Å²) < 4.78 is 4.87. The van der Waals surface area contributed by atoms with E-state index in [1.807, 2.05) is 24.3 Å². The number of carbonyl (C=O) groups is 3. The second-order valence-corrected chi connectivity index (χ2v) is 15.2. The first-order chi connectivity index (χ1) is 27.2. The molecule has 56 heavy (non-hydrogen) atoms. The lowest BCUT2D eigenvalue weighted by atomic mass is 9.94. The van der Waals surface area contributed by atoms with E-state index in [-0.39, 0.29) is 30.7 Å². The summed E-state index contributed by atoms with van der Waals surface area (Å²) in [6.45, 7) is 12.8. The Labute approximate surface area is 328 Å². The molecule has 284 valence electrons. The van der Waals surface area contributed by atoms with Gasteiger partial charge in [0, 0.05) is 74.0 Å². The number of aromatic nitrogens is 2. The fraction of sp³-hybridized carbons (Fsp3) is 0.286. The summed E-state index contributed by atoms with van der Waals surface area (Å²) in [5, 5.41) is 9.35. The number of barbiturate groups is 1. The lowest BCUT2D eigenvalue weighted by molar-refractivity contribution is -0.135. The number of benzene rings is 4. The van der Waals surface area contributed by atoms with Crippen molar-refractivity contribution in [3.63, 3.8) is 0 Å². The van der Waals surface area contributed by atoms with Gasteiger partial charge in [-0.1, -0.05) is 112 Å². The quantitative estimate of drug-likeness (QED) is 0.104. The highest BCUT2D eigenvalue weighted by molar-refractivity contribution is 6.30. The standard InChI is InChI=1S/C49H50N4O3/c1-7-15-31(5)52-39(37-21-11-17-33-19-13-23-41(52)44(33)37)29-27-35-25-26-36(43(35)46-47(54)50(9-3)49(56)51(10-4)48(46)55)28-30-40-38-22-12-18-34-20-14-24-42(45(34)38)53(40)32(6)16-8-2/h11-14,17-32H,7-10,15-16H2,1-6H3/b35-27+,36-28+,39-29+,40-30+. The summed E-state index contributed by atoms with van der Waals surface area (Å²) >= 11 is 0. The van der Waals surface area contributed by atoms with Crippen LogP contribution in [-0.2, 0) is 9.59 Å². The Balaban J connectivity index is 1.40. The monoisotopic (exact) mass is 742 g/mol. The Kier molecular flexibility index (Phi) is 9.87. The second-order valence-electron chi connectivity index (χ2n) is 15.2. The summed E-state index contributed by atoms with van der Waals surface area (Å²) in [6, 6.07) is 25.8. The van der Waals surface area contributed by atoms with Gasteiger partial charge in [0.1, 0.15) is 5.57 Å². The molecule has 0 bridgehead atoms. The smallest absolute Gasteiger partial charge is 0.333 e. The maximum absolute atomic E-state index is 14.3. The van der Waals surface area contributed by atoms with E-state index < -0.39 is 17.8 Å². The molecule has 4 aromatic carbocycles. The van der Waals surface area contributed by atoms with Crippen molar-refractivity contribution in [1.82, 2.24) is 18.9 Å². The zero-order valence-corrected chi connectivity index (χ0v) is 33.3. The number of hydrogen-bond donors (Lipinski definition) is 0. The number of imide groups is 2. The predicted molar refractivity (Wildman–Crippen MR) is 230 cm³/mol. The molecule has 7 nitrogen and oxygen atoms in total. The molecule has 0 spiro atoms. The van der Waals surface area contributed by atoms with Gasteiger partial charge in [-0.25, -0.2) is 4.79 Å². The Morgan fingerprint density at radius 2 is 0.946 bits per heavy atom. The molecule has 4 amide bonds. The van der Waals surface area contributed by atoms with Crippen LogP contribution in [0.2, 0.25) is 0 Å². The molecule has 2 atom stereocenters. The largest absolute Gasteiger partial charge is 0.338 e. The Morgan fingerprint density at radius 3 is 1.34 bits per heavy atom. The summed E-state index contributed by atoms with van der Waals surface area (Å²) in [7, 11) is 0. The zero-order valence-electron chi connectivity index (χ0n) is 33.3. The number of nitrogens with zero attached hydrogens (tertiary/aromatic N) is 4. The van der Waals surface area contributed by atoms with Gasteiger partial charge < -0.3 is 9.13 Å². The van der Waals surface area contributed by atoms with Crippen molar-refractivity contribution in [3.05, 3.63) is 130 Å². The predicted octanol–water partition coefficient (Wildman–Crippen LogP) is 9.87. The molecule has 0 saturated carbocycles. The van der Waals surface area contributed by atoms with Crippen LogP contribution < -0.4 is 10.7 Å². The van der Waals surface area contributed by atoms with E-state index >= 15 is 0 Å². The first-order valence-electron chi connectivity index (χ1n) is 20.3. The lowest BCUT2D eigenvalue weighted by Gasteiger charge is -2.33. The molecule has 2 aromatic heterocycles. The average Bonchev–Trinajstić information content (AvgIpc) is 3.85. The second kappa shape index (κ2) is 14.9. The number of likely N-dealkylation sites (N-methyl/N-ethyl adjacent to an activating group) is 2. The van der Waals surface area contributed by atoms with E-state index in [4.69, 9.17) is 0 Å². The molecule has 7 heteroatoms. The third-order valence-electron chi connectivity index (χ3n) is 11.8. The molecule has 1 saturated heterocycles. The van der Waals surface area contributed by atoms with Crippen LogP contribution in [0.1, 0.15) is 79.3 Å². The average molecular weight is 743 g/mol. The minimum Gasteiger partial charge on any atom is -0.338 e. The van der Waals surface area contributed by atoms with Gasteiger partial charge in [-0.3, -0.25) is 19.4 Å². The van der Waals surface area contributed by atoms with Crippen molar-refractivity contribution < 1.29 is 14.4 Å². The van der Waals surface area contributed by atoms with Crippen molar-refractivity contribution in [3.8, 4) is 0 Å². The van der Waals surface area contributed by atoms with E-state index in [1.165, 1.54) is 42.4 Å². The zero-order chi connectivity index (χ0) is 39.2. The minimum atomic E-state index is -0.574. The first-order valence-corrected chi connectivity index (χ1v) is 20.3. The first kappa shape index (κ1) is 37.0. The van der Waals surface area contributed by atoms with Crippen molar-refractivity contribution in [1.29, 1.82) is 0 Å². The molecule has 8 rings (SSSR count). The highest BCUT2D eigenvalue weighted by Crippen LogP contribution is 2.36. The van der Waals surface area contributed by atoms with Crippen LogP contribution >= 0.6 is 0 Å². The molecule has 1 aliphatic carbocycles. The van der Waals surface area contributed by atoms with Gasteiger partial charge in [-0.2, -0.15) is 0 Å². The molecule has 1 fully saturated rings. The van der Waals surface area contributed by atoms with E-state index in [1.54, 1.807) is 13.8 Å². The normalized spacial score (nSPS) is 18.6. The van der Waals surface area contributed by atoms with Crippen LogP contribution in [0.5, 0.6) is 0 Å². The number of carbonyl (C=O) groups excluding carboxylic acids is 3. The van der Waals surface area contributed by atoms with Crippen molar-refractivity contribution in [2.45, 2.75) is 79.3 Å². The summed E-state index contributed by atoms with van der Waals surface area (Å²) in [4.78, 5) is 44.3. The van der Waals surface area contributed by atoms with Crippen LogP contribution in [0.4, 0.5) is 4.79 Å².